The quantitative estimate of drug-likeness (QED) is 0.376. The topological polar surface area (TPSA) is 86.8 Å². The van der Waals surface area contributed by atoms with E-state index >= 15 is 0 Å². The van der Waals surface area contributed by atoms with Crippen LogP contribution in [0.5, 0.6) is 0 Å². The summed E-state index contributed by atoms with van der Waals surface area (Å²) in [7, 11) is -3.82. The highest BCUT2D eigenvalue weighted by atomic mass is 32.2. The molecule has 4 aliphatic carbocycles. The number of hydrogen-bond donors (Lipinski definition) is 1. The van der Waals surface area contributed by atoms with Crippen LogP contribution < -0.4 is 9.62 Å². The van der Waals surface area contributed by atoms with E-state index in [0.29, 0.717) is 11.3 Å². The maximum absolute atomic E-state index is 13.8. The number of amides is 2. The van der Waals surface area contributed by atoms with E-state index in [1.165, 1.54) is 61.1 Å². The van der Waals surface area contributed by atoms with Crippen LogP contribution in [0.15, 0.2) is 48.5 Å². The molecule has 2 atom stereocenters. The third kappa shape index (κ3) is 6.51. The molecule has 6 rings (SSSR count). The molecule has 7 nitrogen and oxygen atoms in total. The summed E-state index contributed by atoms with van der Waals surface area (Å²) in [6.07, 6.45) is 9.50. The smallest absolute Gasteiger partial charge is 0.244 e. The highest BCUT2D eigenvalue weighted by molar-refractivity contribution is 7.92. The van der Waals surface area contributed by atoms with Crippen LogP contribution in [0, 0.1) is 23.6 Å². The van der Waals surface area contributed by atoms with Gasteiger partial charge in [0.25, 0.3) is 0 Å². The molecule has 0 aliphatic heterocycles. The van der Waals surface area contributed by atoms with Crippen LogP contribution in [0.4, 0.5) is 10.1 Å². The molecule has 0 aromatic heterocycles. The molecule has 4 aliphatic rings. The van der Waals surface area contributed by atoms with E-state index in [1.54, 1.807) is 19.1 Å². The van der Waals surface area contributed by atoms with E-state index in [2.05, 4.69) is 17.4 Å². The van der Waals surface area contributed by atoms with Gasteiger partial charge in [0.05, 0.1) is 11.9 Å². The molecule has 228 valence electrons. The number of anilines is 1. The minimum Gasteiger partial charge on any atom is -0.352 e. The molecule has 0 saturated heterocycles. The van der Waals surface area contributed by atoms with Crippen molar-refractivity contribution in [2.75, 3.05) is 17.1 Å². The Balaban J connectivity index is 1.38. The molecule has 0 spiro atoms. The maximum Gasteiger partial charge on any atom is 0.244 e. The number of halogens is 1. The van der Waals surface area contributed by atoms with Crippen LogP contribution >= 0.6 is 0 Å². The fourth-order valence-electron chi connectivity index (χ4n) is 7.89. The Hall–Kier alpha value is -2.94. The molecule has 0 unspecified atom stereocenters. The Labute approximate surface area is 249 Å². The van der Waals surface area contributed by atoms with Crippen molar-refractivity contribution in [3.8, 4) is 0 Å². The lowest BCUT2D eigenvalue weighted by atomic mass is 9.48. The van der Waals surface area contributed by atoms with E-state index in [9.17, 15) is 22.4 Å². The van der Waals surface area contributed by atoms with Crippen molar-refractivity contribution in [2.45, 2.75) is 89.8 Å². The second-order valence-electron chi connectivity index (χ2n) is 13.2. The Kier molecular flexibility index (Phi) is 8.70. The number of rotatable bonds is 11. The number of carbonyl (C=O) groups excluding carboxylic acids is 2. The van der Waals surface area contributed by atoms with Crippen molar-refractivity contribution in [1.82, 2.24) is 10.2 Å². The predicted molar refractivity (Wildman–Crippen MR) is 163 cm³/mol. The first-order valence-corrected chi connectivity index (χ1v) is 17.1. The highest BCUT2D eigenvalue weighted by Gasteiger charge is 2.51. The standard InChI is InChI=1S/C33H44FN3O4S/c1-5-22(2)35-32(39)23(3)36(20-24-6-10-29(34)11-7-24)31(38)21-37(42(4,40)41)30-12-8-28(9-13-30)33-17-25-14-26(18-33)16-27(15-25)19-33/h6-13,22-23,25-27H,5,14-21H2,1-4H3,(H,35,39)/t22-,23+,25?,26?,27?,33?/m0/s1. The fraction of sp³-hybridized carbons (Fsp3) is 0.576. The molecule has 2 aromatic rings. The summed E-state index contributed by atoms with van der Waals surface area (Å²) in [6.45, 7) is 5.06. The third-order valence-corrected chi connectivity index (χ3v) is 11.1. The Bertz CT molecular complexity index is 1360. The van der Waals surface area contributed by atoms with E-state index in [4.69, 9.17) is 0 Å². The number of hydrogen-bond acceptors (Lipinski definition) is 4. The second-order valence-corrected chi connectivity index (χ2v) is 15.1. The molecule has 1 N–H and O–H groups in total. The first kappa shape index (κ1) is 30.5. The molecule has 2 aromatic carbocycles. The van der Waals surface area contributed by atoms with Crippen LogP contribution in [0.25, 0.3) is 0 Å². The van der Waals surface area contributed by atoms with Gasteiger partial charge in [-0.25, -0.2) is 12.8 Å². The van der Waals surface area contributed by atoms with Gasteiger partial charge in [0.2, 0.25) is 21.8 Å². The van der Waals surface area contributed by atoms with Gasteiger partial charge in [0.1, 0.15) is 18.4 Å². The summed E-state index contributed by atoms with van der Waals surface area (Å²) in [4.78, 5) is 28.2. The van der Waals surface area contributed by atoms with Crippen LogP contribution in [-0.2, 0) is 31.6 Å². The van der Waals surface area contributed by atoms with E-state index in [0.717, 1.165) is 34.7 Å². The molecule has 4 fully saturated rings. The van der Waals surface area contributed by atoms with Crippen molar-refractivity contribution in [2.24, 2.45) is 17.8 Å². The van der Waals surface area contributed by atoms with Crippen molar-refractivity contribution < 1.29 is 22.4 Å². The number of nitrogens with one attached hydrogen (secondary N) is 1. The summed E-state index contributed by atoms with van der Waals surface area (Å²) >= 11 is 0. The predicted octanol–water partition coefficient (Wildman–Crippen LogP) is 5.39. The monoisotopic (exact) mass is 597 g/mol. The normalized spacial score (nSPS) is 26.0. The molecular formula is C33H44FN3O4S. The molecule has 4 saturated carbocycles. The lowest BCUT2D eigenvalue weighted by molar-refractivity contribution is -0.139. The zero-order valence-corrected chi connectivity index (χ0v) is 26.0. The Morgan fingerprint density at radius 2 is 1.50 bits per heavy atom. The minimum absolute atomic E-state index is 0.0385. The summed E-state index contributed by atoms with van der Waals surface area (Å²) in [5.41, 5.74) is 2.53. The van der Waals surface area contributed by atoms with Gasteiger partial charge in [-0.05, 0) is 117 Å². The molecule has 42 heavy (non-hydrogen) atoms. The van der Waals surface area contributed by atoms with E-state index in [-0.39, 0.29) is 23.9 Å². The van der Waals surface area contributed by atoms with E-state index < -0.39 is 34.3 Å². The van der Waals surface area contributed by atoms with Crippen LogP contribution in [-0.4, -0.2) is 50.0 Å². The lowest BCUT2D eigenvalue weighted by Gasteiger charge is -2.57. The van der Waals surface area contributed by atoms with Gasteiger partial charge in [-0.15, -0.1) is 0 Å². The van der Waals surface area contributed by atoms with Crippen molar-refractivity contribution in [3.63, 3.8) is 0 Å². The fourth-order valence-corrected chi connectivity index (χ4v) is 8.74. The Morgan fingerprint density at radius 3 is 2.00 bits per heavy atom. The molecule has 0 heterocycles. The van der Waals surface area contributed by atoms with Gasteiger partial charge < -0.3 is 10.2 Å². The van der Waals surface area contributed by atoms with Gasteiger partial charge in [-0.3, -0.25) is 13.9 Å². The molecule has 9 heteroatoms. The van der Waals surface area contributed by atoms with Crippen LogP contribution in [0.1, 0.15) is 76.8 Å². The number of nitrogens with zero attached hydrogens (tertiary/aromatic N) is 2. The molecule has 0 radical (unpaired) electrons. The van der Waals surface area contributed by atoms with Crippen molar-refractivity contribution in [3.05, 3.63) is 65.5 Å². The number of benzene rings is 2. The average molecular weight is 598 g/mol. The van der Waals surface area contributed by atoms with Gasteiger partial charge >= 0.3 is 0 Å². The number of sulfonamides is 1. The van der Waals surface area contributed by atoms with Crippen LogP contribution in [0.3, 0.4) is 0 Å². The minimum atomic E-state index is -3.82. The Morgan fingerprint density at radius 1 is 0.952 bits per heavy atom. The lowest BCUT2D eigenvalue weighted by Crippen LogP contribution is -2.52. The first-order valence-electron chi connectivity index (χ1n) is 15.3. The summed E-state index contributed by atoms with van der Waals surface area (Å²) in [5.74, 6) is 1.15. The van der Waals surface area contributed by atoms with Gasteiger partial charge in [-0.1, -0.05) is 31.2 Å². The largest absolute Gasteiger partial charge is 0.352 e. The summed E-state index contributed by atoms with van der Waals surface area (Å²) in [5, 5.41) is 2.91. The number of carbonyl (C=O) groups is 2. The second kappa shape index (κ2) is 12.0. The van der Waals surface area contributed by atoms with Crippen molar-refractivity contribution in [1.29, 1.82) is 0 Å². The molecule has 2 amide bonds. The van der Waals surface area contributed by atoms with Gasteiger partial charge in [-0.2, -0.15) is 0 Å². The van der Waals surface area contributed by atoms with Gasteiger partial charge in [0, 0.05) is 12.6 Å². The van der Waals surface area contributed by atoms with Gasteiger partial charge in [0.15, 0.2) is 0 Å². The molecular weight excluding hydrogens is 553 g/mol. The SMILES string of the molecule is CC[C@H](C)NC(=O)[C@@H](C)N(Cc1ccc(F)cc1)C(=O)CN(c1ccc(C23CC4CC(CC(C4)C2)C3)cc1)S(C)(=O)=O. The highest BCUT2D eigenvalue weighted by Crippen LogP contribution is 2.60. The summed E-state index contributed by atoms with van der Waals surface area (Å²) < 4.78 is 40.7. The van der Waals surface area contributed by atoms with E-state index in [1.807, 2.05) is 26.0 Å². The molecule has 4 bridgehead atoms. The van der Waals surface area contributed by atoms with Crippen LogP contribution in [0.2, 0.25) is 0 Å². The summed E-state index contributed by atoms with van der Waals surface area (Å²) in [6, 6.07) is 12.6. The average Bonchev–Trinajstić information content (AvgIpc) is 2.93. The zero-order valence-electron chi connectivity index (χ0n) is 25.2. The zero-order chi connectivity index (χ0) is 30.2. The van der Waals surface area contributed by atoms with Crippen molar-refractivity contribution >= 4 is 27.5 Å². The first-order chi connectivity index (χ1) is 19.9. The third-order valence-electron chi connectivity index (χ3n) is 9.92. The maximum atomic E-state index is 13.8.